The van der Waals surface area contributed by atoms with Crippen molar-refractivity contribution in [3.8, 4) is 0 Å². The van der Waals surface area contributed by atoms with Crippen LogP contribution in [0.5, 0.6) is 0 Å². The second-order valence-electron chi connectivity index (χ2n) is 3.37. The van der Waals surface area contributed by atoms with Crippen LogP contribution in [0, 0.1) is 0 Å². The lowest BCUT2D eigenvalue weighted by atomic mass is 9.98. The smallest absolute Gasteiger partial charge is 0.150 e. The van der Waals surface area contributed by atoms with Crippen LogP contribution in [0.2, 0.25) is 0 Å². The first kappa shape index (κ1) is 8.41. The number of nitrogens with zero attached hydrogens (tertiary/aromatic N) is 1. The zero-order chi connectivity index (χ0) is 9.26. The standard InChI is InChI=1S/C10H12N2O/c11-12-4-3-9-5-8(7-13)1-2-10(9)6-12/h1-2,5,7H,3-4,6,11H2. The van der Waals surface area contributed by atoms with E-state index in [1.54, 1.807) is 5.01 Å². The number of carbonyl (C=O) groups excluding carboxylic acids is 1. The highest BCUT2D eigenvalue weighted by molar-refractivity contribution is 5.75. The Morgan fingerprint density at radius 1 is 1.38 bits per heavy atom. The van der Waals surface area contributed by atoms with E-state index in [1.807, 2.05) is 18.2 Å². The summed E-state index contributed by atoms with van der Waals surface area (Å²) in [5.74, 6) is 5.68. The molecule has 1 aromatic rings. The van der Waals surface area contributed by atoms with E-state index in [9.17, 15) is 4.79 Å². The molecule has 1 aliphatic heterocycles. The third kappa shape index (κ3) is 1.61. The number of hydrazine groups is 1. The van der Waals surface area contributed by atoms with E-state index in [0.29, 0.717) is 0 Å². The van der Waals surface area contributed by atoms with Gasteiger partial charge in [-0.05, 0) is 23.6 Å². The predicted octanol–water partition coefficient (Wildman–Crippen LogP) is 0.731. The van der Waals surface area contributed by atoms with Gasteiger partial charge in [0.05, 0.1) is 0 Å². The summed E-state index contributed by atoms with van der Waals surface area (Å²) in [6.07, 6.45) is 1.82. The third-order valence-electron chi connectivity index (χ3n) is 2.41. The fourth-order valence-corrected chi connectivity index (χ4v) is 1.67. The molecule has 2 rings (SSSR count). The summed E-state index contributed by atoms with van der Waals surface area (Å²) in [7, 11) is 0. The van der Waals surface area contributed by atoms with Crippen molar-refractivity contribution >= 4 is 6.29 Å². The maximum atomic E-state index is 10.5. The van der Waals surface area contributed by atoms with Crippen LogP contribution in [0.3, 0.4) is 0 Å². The van der Waals surface area contributed by atoms with Gasteiger partial charge < -0.3 is 0 Å². The van der Waals surface area contributed by atoms with Gasteiger partial charge in [0.2, 0.25) is 0 Å². The van der Waals surface area contributed by atoms with Gasteiger partial charge in [0, 0.05) is 18.7 Å². The van der Waals surface area contributed by atoms with E-state index in [1.165, 1.54) is 11.1 Å². The molecule has 0 saturated carbocycles. The Morgan fingerprint density at radius 2 is 2.23 bits per heavy atom. The van der Waals surface area contributed by atoms with Crippen molar-refractivity contribution in [2.45, 2.75) is 13.0 Å². The highest BCUT2D eigenvalue weighted by atomic mass is 16.1. The van der Waals surface area contributed by atoms with Crippen molar-refractivity contribution in [2.24, 2.45) is 5.84 Å². The minimum atomic E-state index is 0.754. The van der Waals surface area contributed by atoms with Crippen molar-refractivity contribution in [3.63, 3.8) is 0 Å². The summed E-state index contributed by atoms with van der Waals surface area (Å²) in [5, 5.41) is 1.79. The Kier molecular flexibility index (Phi) is 2.12. The number of hydrogen-bond acceptors (Lipinski definition) is 3. The van der Waals surface area contributed by atoms with Gasteiger partial charge in [-0.3, -0.25) is 10.6 Å². The van der Waals surface area contributed by atoms with Gasteiger partial charge in [-0.15, -0.1) is 0 Å². The molecule has 0 saturated heterocycles. The SMILES string of the molecule is NN1CCc2cc(C=O)ccc2C1. The maximum Gasteiger partial charge on any atom is 0.150 e. The Morgan fingerprint density at radius 3 is 3.00 bits per heavy atom. The largest absolute Gasteiger partial charge is 0.298 e. The lowest BCUT2D eigenvalue weighted by Gasteiger charge is -2.24. The molecular weight excluding hydrogens is 164 g/mol. The molecule has 0 aromatic heterocycles. The van der Waals surface area contributed by atoms with Crippen LogP contribution in [0.25, 0.3) is 0 Å². The second kappa shape index (κ2) is 3.28. The Bertz CT molecular complexity index is 336. The number of carbonyl (C=O) groups is 1. The first-order valence-corrected chi connectivity index (χ1v) is 4.36. The summed E-state index contributed by atoms with van der Waals surface area (Å²) in [5.41, 5.74) is 3.25. The average molecular weight is 176 g/mol. The Hall–Kier alpha value is -1.19. The highest BCUT2D eigenvalue weighted by Crippen LogP contribution is 2.17. The first-order valence-electron chi connectivity index (χ1n) is 4.36. The molecule has 0 aliphatic carbocycles. The van der Waals surface area contributed by atoms with Crippen LogP contribution in [-0.2, 0) is 13.0 Å². The minimum absolute atomic E-state index is 0.754. The molecule has 3 heteroatoms. The molecular formula is C10H12N2O. The highest BCUT2D eigenvalue weighted by Gasteiger charge is 2.13. The first-order chi connectivity index (χ1) is 6.29. The van der Waals surface area contributed by atoms with Crippen molar-refractivity contribution < 1.29 is 4.79 Å². The van der Waals surface area contributed by atoms with Crippen molar-refractivity contribution in [2.75, 3.05) is 6.54 Å². The lowest BCUT2D eigenvalue weighted by Crippen LogP contribution is -2.36. The molecule has 3 nitrogen and oxygen atoms in total. The zero-order valence-corrected chi connectivity index (χ0v) is 7.36. The molecule has 1 aromatic carbocycles. The van der Waals surface area contributed by atoms with Crippen LogP contribution in [0.1, 0.15) is 21.5 Å². The number of nitrogens with two attached hydrogens (primary N) is 1. The van der Waals surface area contributed by atoms with Gasteiger partial charge in [0.15, 0.2) is 0 Å². The molecule has 0 spiro atoms. The molecule has 0 atom stereocenters. The molecule has 1 heterocycles. The Balaban J connectivity index is 2.36. The average Bonchev–Trinajstić information content (AvgIpc) is 2.17. The van der Waals surface area contributed by atoms with Crippen molar-refractivity contribution in [1.29, 1.82) is 0 Å². The van der Waals surface area contributed by atoms with Gasteiger partial charge in [0.25, 0.3) is 0 Å². The van der Waals surface area contributed by atoms with Gasteiger partial charge >= 0.3 is 0 Å². The molecule has 13 heavy (non-hydrogen) atoms. The van der Waals surface area contributed by atoms with Crippen LogP contribution in [0.15, 0.2) is 18.2 Å². The fraction of sp³-hybridized carbons (Fsp3) is 0.300. The molecule has 68 valence electrons. The number of fused-ring (bicyclic) bond motifs is 1. The fourth-order valence-electron chi connectivity index (χ4n) is 1.67. The van der Waals surface area contributed by atoms with E-state index in [0.717, 1.165) is 31.4 Å². The summed E-state index contributed by atoms with van der Waals surface area (Å²) >= 11 is 0. The predicted molar refractivity (Wildman–Crippen MR) is 50.1 cm³/mol. The topological polar surface area (TPSA) is 46.3 Å². The summed E-state index contributed by atoms with van der Waals surface area (Å²) in [6, 6.07) is 5.78. The molecule has 0 fully saturated rings. The van der Waals surface area contributed by atoms with Crippen LogP contribution < -0.4 is 5.84 Å². The second-order valence-corrected chi connectivity index (χ2v) is 3.37. The normalized spacial score (nSPS) is 16.7. The van der Waals surface area contributed by atoms with Crippen LogP contribution >= 0.6 is 0 Å². The molecule has 1 aliphatic rings. The Labute approximate surface area is 77.1 Å². The lowest BCUT2D eigenvalue weighted by molar-refractivity contribution is 0.112. The van der Waals surface area contributed by atoms with Crippen molar-refractivity contribution in [1.82, 2.24) is 5.01 Å². The number of benzene rings is 1. The van der Waals surface area contributed by atoms with Gasteiger partial charge in [-0.25, -0.2) is 5.01 Å². The number of aldehydes is 1. The van der Waals surface area contributed by atoms with Gasteiger partial charge in [-0.2, -0.15) is 0 Å². The van der Waals surface area contributed by atoms with Gasteiger partial charge in [-0.1, -0.05) is 12.1 Å². The molecule has 0 bridgehead atoms. The maximum absolute atomic E-state index is 10.5. The molecule has 0 unspecified atom stereocenters. The van der Waals surface area contributed by atoms with Crippen LogP contribution in [-0.4, -0.2) is 17.8 Å². The van der Waals surface area contributed by atoms with E-state index in [4.69, 9.17) is 5.84 Å². The summed E-state index contributed by atoms with van der Waals surface area (Å²) < 4.78 is 0. The van der Waals surface area contributed by atoms with E-state index in [-0.39, 0.29) is 0 Å². The molecule has 0 amide bonds. The van der Waals surface area contributed by atoms with Crippen molar-refractivity contribution in [3.05, 3.63) is 34.9 Å². The third-order valence-corrected chi connectivity index (χ3v) is 2.41. The van der Waals surface area contributed by atoms with E-state index >= 15 is 0 Å². The van der Waals surface area contributed by atoms with Crippen LogP contribution in [0.4, 0.5) is 0 Å². The van der Waals surface area contributed by atoms with E-state index in [2.05, 4.69) is 0 Å². The summed E-state index contributed by atoms with van der Waals surface area (Å²) in [6.45, 7) is 1.66. The zero-order valence-electron chi connectivity index (χ0n) is 7.36. The minimum Gasteiger partial charge on any atom is -0.298 e. The quantitative estimate of drug-likeness (QED) is 0.507. The number of rotatable bonds is 1. The van der Waals surface area contributed by atoms with E-state index < -0.39 is 0 Å². The molecule has 2 N–H and O–H groups in total. The monoisotopic (exact) mass is 176 g/mol. The molecule has 0 radical (unpaired) electrons. The summed E-state index contributed by atoms with van der Waals surface area (Å²) in [4.78, 5) is 10.5. The number of hydrogen-bond donors (Lipinski definition) is 1. The van der Waals surface area contributed by atoms with Gasteiger partial charge in [0.1, 0.15) is 6.29 Å².